The summed E-state index contributed by atoms with van der Waals surface area (Å²) in [5.41, 5.74) is 0. The van der Waals surface area contributed by atoms with E-state index in [0.717, 1.165) is 5.75 Å². The van der Waals surface area contributed by atoms with Gasteiger partial charge in [-0.1, -0.05) is 6.08 Å². The molecule has 58 valence electrons. The number of hydrogen-bond donors (Lipinski definition) is 0. The molecule has 0 fully saturated rings. The molecule has 1 rings (SSSR count). The maximum absolute atomic E-state index is 5.07. The van der Waals surface area contributed by atoms with Crippen LogP contribution in [0.5, 0.6) is 6.01 Å². The van der Waals surface area contributed by atoms with E-state index in [0.29, 0.717) is 6.01 Å². The van der Waals surface area contributed by atoms with Crippen molar-refractivity contribution in [2.75, 3.05) is 5.75 Å². The van der Waals surface area contributed by atoms with Gasteiger partial charge in [0.25, 0.3) is 0 Å². The molecular formula is C7H8N2OS. The maximum Gasteiger partial charge on any atom is 0.328 e. The van der Waals surface area contributed by atoms with Crippen LogP contribution in [0.3, 0.4) is 0 Å². The van der Waals surface area contributed by atoms with Crippen LogP contribution in [0.2, 0.25) is 0 Å². The summed E-state index contributed by atoms with van der Waals surface area (Å²) in [6, 6.07) is 2.13. The lowest BCUT2D eigenvalue weighted by Gasteiger charge is -1.96. The van der Waals surface area contributed by atoms with Crippen molar-refractivity contribution in [1.82, 2.24) is 9.97 Å². The summed E-state index contributed by atoms with van der Waals surface area (Å²) in [4.78, 5) is 7.72. The Bertz CT molecular complexity index is 215. The zero-order valence-corrected chi connectivity index (χ0v) is 6.75. The molecular weight excluding hydrogens is 160 g/mol. The predicted octanol–water partition coefficient (Wildman–Crippen LogP) is 1.69. The van der Waals surface area contributed by atoms with Crippen molar-refractivity contribution in [2.45, 2.75) is 0 Å². The standard InChI is InChI=1S/C7H8N2OS/c1-2-6-11-10-7-8-4-3-5-9-7/h2-5H,1,6H2. The summed E-state index contributed by atoms with van der Waals surface area (Å²) in [5.74, 6) is 0.734. The van der Waals surface area contributed by atoms with E-state index in [1.165, 1.54) is 12.0 Å². The number of hydrogen-bond acceptors (Lipinski definition) is 4. The molecule has 0 saturated carbocycles. The molecule has 0 spiro atoms. The van der Waals surface area contributed by atoms with E-state index in [9.17, 15) is 0 Å². The fourth-order valence-electron chi connectivity index (χ4n) is 0.463. The summed E-state index contributed by atoms with van der Waals surface area (Å²) >= 11 is 1.26. The SMILES string of the molecule is C=CCSOc1ncccn1. The van der Waals surface area contributed by atoms with Gasteiger partial charge in [-0.15, -0.1) is 6.58 Å². The fraction of sp³-hybridized carbons (Fsp3) is 0.143. The Hall–Kier alpha value is -1.03. The normalized spacial score (nSPS) is 9.09. The minimum Gasteiger partial charge on any atom is -0.389 e. The van der Waals surface area contributed by atoms with Gasteiger partial charge in [-0.2, -0.15) is 0 Å². The molecule has 3 nitrogen and oxygen atoms in total. The first-order valence-electron chi connectivity index (χ1n) is 3.11. The Morgan fingerprint density at radius 3 is 2.91 bits per heavy atom. The molecule has 0 N–H and O–H groups in total. The monoisotopic (exact) mass is 168 g/mol. The highest BCUT2D eigenvalue weighted by atomic mass is 32.2. The summed E-state index contributed by atoms with van der Waals surface area (Å²) in [6.07, 6.45) is 5.03. The second kappa shape index (κ2) is 4.73. The van der Waals surface area contributed by atoms with Gasteiger partial charge < -0.3 is 4.18 Å². The van der Waals surface area contributed by atoms with Crippen molar-refractivity contribution in [2.24, 2.45) is 0 Å². The molecule has 0 bridgehead atoms. The molecule has 11 heavy (non-hydrogen) atoms. The van der Waals surface area contributed by atoms with E-state index in [2.05, 4.69) is 16.5 Å². The average Bonchev–Trinajstić information content (AvgIpc) is 2.07. The molecule has 1 heterocycles. The number of rotatable bonds is 4. The van der Waals surface area contributed by atoms with Gasteiger partial charge >= 0.3 is 6.01 Å². The van der Waals surface area contributed by atoms with E-state index in [4.69, 9.17) is 4.18 Å². The first-order valence-corrected chi connectivity index (χ1v) is 4.02. The minimum atomic E-state index is 0.388. The van der Waals surface area contributed by atoms with E-state index in [1.54, 1.807) is 24.5 Å². The van der Waals surface area contributed by atoms with Crippen molar-refractivity contribution in [3.8, 4) is 6.01 Å². The summed E-state index contributed by atoms with van der Waals surface area (Å²) < 4.78 is 5.07. The molecule has 0 atom stereocenters. The second-order valence-corrected chi connectivity index (χ2v) is 2.42. The van der Waals surface area contributed by atoms with Crippen LogP contribution in [0.4, 0.5) is 0 Å². The van der Waals surface area contributed by atoms with E-state index < -0.39 is 0 Å². The Morgan fingerprint density at radius 2 is 2.27 bits per heavy atom. The maximum atomic E-state index is 5.07. The van der Waals surface area contributed by atoms with Crippen LogP contribution in [0.15, 0.2) is 31.1 Å². The summed E-state index contributed by atoms with van der Waals surface area (Å²) in [7, 11) is 0. The smallest absolute Gasteiger partial charge is 0.328 e. The summed E-state index contributed by atoms with van der Waals surface area (Å²) in [6.45, 7) is 3.55. The third kappa shape index (κ3) is 3.04. The van der Waals surface area contributed by atoms with E-state index in [1.807, 2.05) is 0 Å². The summed E-state index contributed by atoms with van der Waals surface area (Å²) in [5, 5.41) is 0. The van der Waals surface area contributed by atoms with Crippen LogP contribution in [0.25, 0.3) is 0 Å². The van der Waals surface area contributed by atoms with Crippen LogP contribution < -0.4 is 4.18 Å². The van der Waals surface area contributed by atoms with Crippen molar-refractivity contribution in [3.63, 3.8) is 0 Å². The Labute approximate surface area is 69.7 Å². The molecule has 0 amide bonds. The molecule has 0 saturated heterocycles. The van der Waals surface area contributed by atoms with E-state index >= 15 is 0 Å². The second-order valence-electron chi connectivity index (χ2n) is 1.69. The van der Waals surface area contributed by atoms with Gasteiger partial charge in [0.1, 0.15) is 0 Å². The zero-order valence-electron chi connectivity index (χ0n) is 5.93. The van der Waals surface area contributed by atoms with Crippen LogP contribution >= 0.6 is 12.0 Å². The largest absolute Gasteiger partial charge is 0.389 e. The molecule has 0 unspecified atom stereocenters. The van der Waals surface area contributed by atoms with Crippen LogP contribution in [0, 0.1) is 0 Å². The molecule has 1 aromatic heterocycles. The van der Waals surface area contributed by atoms with Crippen LogP contribution in [-0.4, -0.2) is 15.7 Å². The van der Waals surface area contributed by atoms with Crippen LogP contribution in [-0.2, 0) is 0 Å². The van der Waals surface area contributed by atoms with Gasteiger partial charge in [0.05, 0.1) is 12.0 Å². The van der Waals surface area contributed by atoms with Gasteiger partial charge in [0.15, 0.2) is 0 Å². The van der Waals surface area contributed by atoms with Crippen molar-refractivity contribution >= 4 is 12.0 Å². The lowest BCUT2D eigenvalue weighted by molar-refractivity contribution is 0.586. The highest BCUT2D eigenvalue weighted by Crippen LogP contribution is 2.07. The Morgan fingerprint density at radius 1 is 1.55 bits per heavy atom. The van der Waals surface area contributed by atoms with Crippen LogP contribution in [0.1, 0.15) is 0 Å². The number of aromatic nitrogens is 2. The molecule has 4 heteroatoms. The van der Waals surface area contributed by atoms with Gasteiger partial charge in [-0.05, 0) is 6.07 Å². The molecule has 0 radical (unpaired) electrons. The first-order chi connectivity index (χ1) is 5.43. The molecule has 0 aliphatic carbocycles. The van der Waals surface area contributed by atoms with Gasteiger partial charge in [-0.3, -0.25) is 0 Å². The predicted molar refractivity (Wildman–Crippen MR) is 45.3 cm³/mol. The van der Waals surface area contributed by atoms with E-state index in [-0.39, 0.29) is 0 Å². The Balaban J connectivity index is 2.33. The molecule has 1 aromatic rings. The Kier molecular flexibility index (Phi) is 3.47. The lowest BCUT2D eigenvalue weighted by Crippen LogP contribution is -1.88. The first kappa shape index (κ1) is 8.07. The minimum absolute atomic E-state index is 0.388. The quantitative estimate of drug-likeness (QED) is 0.389. The zero-order chi connectivity index (χ0) is 7.94. The van der Waals surface area contributed by atoms with Gasteiger partial charge in [-0.25, -0.2) is 9.97 Å². The van der Waals surface area contributed by atoms with Crippen molar-refractivity contribution < 1.29 is 4.18 Å². The highest BCUT2D eigenvalue weighted by Gasteiger charge is 1.92. The molecule has 0 aliphatic rings. The van der Waals surface area contributed by atoms with Gasteiger partial charge in [0.2, 0.25) is 0 Å². The topological polar surface area (TPSA) is 35.0 Å². The average molecular weight is 168 g/mol. The number of nitrogens with zero attached hydrogens (tertiary/aromatic N) is 2. The third-order valence-electron chi connectivity index (χ3n) is 0.861. The highest BCUT2D eigenvalue weighted by molar-refractivity contribution is 7.95. The fourth-order valence-corrected chi connectivity index (χ4v) is 0.819. The third-order valence-corrected chi connectivity index (χ3v) is 1.50. The molecule has 0 aliphatic heterocycles. The van der Waals surface area contributed by atoms with Crippen molar-refractivity contribution in [1.29, 1.82) is 0 Å². The molecule has 0 aromatic carbocycles. The van der Waals surface area contributed by atoms with Gasteiger partial charge in [0, 0.05) is 18.1 Å². The van der Waals surface area contributed by atoms with Crippen molar-refractivity contribution in [3.05, 3.63) is 31.1 Å². The lowest BCUT2D eigenvalue weighted by atomic mass is 10.7.